The summed E-state index contributed by atoms with van der Waals surface area (Å²) in [5.74, 6) is -0.0505. The fraction of sp³-hybridized carbons (Fsp3) is 0.481. The highest BCUT2D eigenvalue weighted by atomic mass is 16.2. The third kappa shape index (κ3) is 7.54. The highest BCUT2D eigenvalue weighted by Crippen LogP contribution is 2.23. The van der Waals surface area contributed by atoms with E-state index in [0.717, 1.165) is 17.5 Å². The first-order valence-corrected chi connectivity index (χ1v) is 11.5. The lowest BCUT2D eigenvalue weighted by Gasteiger charge is -2.30. The van der Waals surface area contributed by atoms with Crippen molar-refractivity contribution in [3.8, 4) is 0 Å². The van der Waals surface area contributed by atoms with Gasteiger partial charge < -0.3 is 10.2 Å². The first-order valence-electron chi connectivity index (χ1n) is 11.5. The van der Waals surface area contributed by atoms with Gasteiger partial charge in [-0.15, -0.1) is 0 Å². The van der Waals surface area contributed by atoms with E-state index in [2.05, 4.69) is 50.4 Å². The molecule has 2 rings (SSSR count). The summed E-state index contributed by atoms with van der Waals surface area (Å²) in [6.07, 6.45) is 2.52. The van der Waals surface area contributed by atoms with Gasteiger partial charge in [-0.3, -0.25) is 9.59 Å². The zero-order chi connectivity index (χ0) is 22.9. The molecule has 0 fully saturated rings. The van der Waals surface area contributed by atoms with Crippen LogP contribution in [0.15, 0.2) is 54.6 Å². The molecule has 0 saturated carbocycles. The smallest absolute Gasteiger partial charge is 0.242 e. The van der Waals surface area contributed by atoms with E-state index in [1.165, 1.54) is 5.56 Å². The van der Waals surface area contributed by atoms with Gasteiger partial charge in [0.1, 0.15) is 6.04 Å². The number of carbonyl (C=O) groups excluding carboxylic acids is 2. The molecule has 2 amide bonds. The number of nitrogens with one attached hydrogen (secondary N) is 1. The normalized spacial score (nSPS) is 12.3. The van der Waals surface area contributed by atoms with Crippen LogP contribution in [0.5, 0.6) is 0 Å². The number of aryl methyl sites for hydroxylation is 1. The Morgan fingerprint density at radius 2 is 1.58 bits per heavy atom. The van der Waals surface area contributed by atoms with Crippen LogP contribution in [0, 0.1) is 0 Å². The Kier molecular flexibility index (Phi) is 9.29. The van der Waals surface area contributed by atoms with Crippen LogP contribution in [-0.4, -0.2) is 29.3 Å². The van der Waals surface area contributed by atoms with Crippen LogP contribution in [0.3, 0.4) is 0 Å². The Balaban J connectivity index is 2.14. The Hall–Kier alpha value is -2.62. The highest BCUT2D eigenvalue weighted by molar-refractivity contribution is 5.87. The summed E-state index contributed by atoms with van der Waals surface area (Å²) < 4.78 is 0. The number of rotatable bonds is 10. The lowest BCUT2D eigenvalue weighted by molar-refractivity contribution is -0.141. The second-order valence-corrected chi connectivity index (χ2v) is 9.17. The molecule has 0 unspecified atom stereocenters. The number of carbonyl (C=O) groups is 2. The third-order valence-electron chi connectivity index (χ3n) is 5.58. The molecular formula is C27H38N2O2. The van der Waals surface area contributed by atoms with Crippen LogP contribution >= 0.6 is 0 Å². The van der Waals surface area contributed by atoms with Crippen molar-refractivity contribution in [1.29, 1.82) is 0 Å². The molecule has 0 aliphatic rings. The maximum absolute atomic E-state index is 13.3. The average Bonchev–Trinajstić information content (AvgIpc) is 2.76. The molecular weight excluding hydrogens is 384 g/mol. The fourth-order valence-corrected chi connectivity index (χ4v) is 3.63. The molecule has 0 radical (unpaired) electrons. The monoisotopic (exact) mass is 422 g/mol. The predicted molar refractivity (Wildman–Crippen MR) is 128 cm³/mol. The number of hydrogen-bond donors (Lipinski definition) is 1. The van der Waals surface area contributed by atoms with Crippen molar-refractivity contribution in [2.45, 2.75) is 78.3 Å². The second kappa shape index (κ2) is 11.7. The molecule has 0 spiro atoms. The molecule has 0 heterocycles. The van der Waals surface area contributed by atoms with Crippen LogP contribution in [0.4, 0.5) is 0 Å². The molecule has 1 atom stereocenters. The third-order valence-corrected chi connectivity index (χ3v) is 5.58. The van der Waals surface area contributed by atoms with E-state index in [4.69, 9.17) is 0 Å². The summed E-state index contributed by atoms with van der Waals surface area (Å²) in [7, 11) is 0. The first kappa shape index (κ1) is 24.6. The maximum atomic E-state index is 13.3. The van der Waals surface area contributed by atoms with E-state index < -0.39 is 6.04 Å². The molecule has 2 aromatic rings. The lowest BCUT2D eigenvalue weighted by atomic mass is 9.86. The Labute approximate surface area is 188 Å². The standard InChI is InChI=1S/C27H38N2O2/c1-6-19-28-26(31)24(7-2)29(20-22-11-9-8-10-12-22)25(30)18-15-21-13-16-23(17-14-21)27(3,4)5/h8-14,16-17,24H,6-7,15,18-20H2,1-5H3,(H,28,31)/t24-/m1/s1. The molecule has 31 heavy (non-hydrogen) atoms. The Morgan fingerprint density at radius 1 is 0.935 bits per heavy atom. The zero-order valence-corrected chi connectivity index (χ0v) is 19.8. The van der Waals surface area contributed by atoms with E-state index in [-0.39, 0.29) is 17.2 Å². The van der Waals surface area contributed by atoms with E-state index in [9.17, 15) is 9.59 Å². The average molecular weight is 423 g/mol. The van der Waals surface area contributed by atoms with Crippen LogP contribution in [0.1, 0.15) is 70.6 Å². The summed E-state index contributed by atoms with van der Waals surface area (Å²) >= 11 is 0. The maximum Gasteiger partial charge on any atom is 0.242 e. The first-order chi connectivity index (χ1) is 14.8. The minimum Gasteiger partial charge on any atom is -0.354 e. The topological polar surface area (TPSA) is 49.4 Å². The minimum absolute atomic E-state index is 0.0160. The molecule has 0 bridgehead atoms. The molecule has 4 nitrogen and oxygen atoms in total. The second-order valence-electron chi connectivity index (χ2n) is 9.17. The summed E-state index contributed by atoms with van der Waals surface area (Å²) in [6, 6.07) is 18.0. The quantitative estimate of drug-likeness (QED) is 0.568. The molecule has 1 N–H and O–H groups in total. The Bertz CT molecular complexity index is 823. The summed E-state index contributed by atoms with van der Waals surface area (Å²) in [5.41, 5.74) is 3.57. The summed E-state index contributed by atoms with van der Waals surface area (Å²) in [5, 5.41) is 2.97. The van der Waals surface area contributed by atoms with E-state index in [0.29, 0.717) is 32.4 Å². The van der Waals surface area contributed by atoms with Gasteiger partial charge in [-0.2, -0.15) is 0 Å². The molecule has 0 saturated heterocycles. The SMILES string of the molecule is CCCNC(=O)[C@@H](CC)N(Cc1ccccc1)C(=O)CCc1ccc(C(C)(C)C)cc1. The van der Waals surface area contributed by atoms with Crippen LogP contribution in [0.25, 0.3) is 0 Å². The summed E-state index contributed by atoms with van der Waals surface area (Å²) in [4.78, 5) is 27.8. The van der Waals surface area contributed by atoms with Gasteiger partial charge in [0.05, 0.1) is 0 Å². The number of benzene rings is 2. The molecule has 0 aliphatic carbocycles. The van der Waals surface area contributed by atoms with E-state index in [1.807, 2.05) is 44.2 Å². The van der Waals surface area contributed by atoms with Gasteiger partial charge >= 0.3 is 0 Å². The zero-order valence-electron chi connectivity index (χ0n) is 19.8. The van der Waals surface area contributed by atoms with Crippen molar-refractivity contribution in [1.82, 2.24) is 10.2 Å². The van der Waals surface area contributed by atoms with Crippen molar-refractivity contribution >= 4 is 11.8 Å². The van der Waals surface area contributed by atoms with Crippen LogP contribution < -0.4 is 5.32 Å². The van der Waals surface area contributed by atoms with Gasteiger partial charge in [0.15, 0.2) is 0 Å². The molecule has 2 aromatic carbocycles. The molecule has 4 heteroatoms. The van der Waals surface area contributed by atoms with E-state index in [1.54, 1.807) is 4.90 Å². The van der Waals surface area contributed by atoms with Crippen LogP contribution in [0.2, 0.25) is 0 Å². The van der Waals surface area contributed by atoms with Crippen molar-refractivity contribution in [3.63, 3.8) is 0 Å². The molecule has 168 valence electrons. The number of nitrogens with zero attached hydrogens (tertiary/aromatic N) is 1. The van der Waals surface area contributed by atoms with Gasteiger partial charge in [0.25, 0.3) is 0 Å². The Morgan fingerprint density at radius 3 is 2.13 bits per heavy atom. The van der Waals surface area contributed by atoms with Crippen molar-refractivity contribution in [3.05, 3.63) is 71.3 Å². The lowest BCUT2D eigenvalue weighted by Crippen LogP contribution is -2.49. The highest BCUT2D eigenvalue weighted by Gasteiger charge is 2.28. The predicted octanol–water partition coefficient (Wildman–Crippen LogP) is 5.25. The van der Waals surface area contributed by atoms with Crippen molar-refractivity contribution in [2.24, 2.45) is 0 Å². The van der Waals surface area contributed by atoms with Gasteiger partial charge in [0.2, 0.25) is 11.8 Å². The van der Waals surface area contributed by atoms with Gasteiger partial charge in [-0.25, -0.2) is 0 Å². The van der Waals surface area contributed by atoms with Crippen molar-refractivity contribution in [2.75, 3.05) is 6.54 Å². The largest absolute Gasteiger partial charge is 0.354 e. The van der Waals surface area contributed by atoms with Gasteiger partial charge in [-0.1, -0.05) is 89.2 Å². The number of hydrogen-bond acceptors (Lipinski definition) is 2. The molecule has 0 aromatic heterocycles. The van der Waals surface area contributed by atoms with Gasteiger partial charge in [-0.05, 0) is 41.4 Å². The van der Waals surface area contributed by atoms with E-state index >= 15 is 0 Å². The molecule has 0 aliphatic heterocycles. The van der Waals surface area contributed by atoms with Gasteiger partial charge in [0, 0.05) is 19.5 Å². The fourth-order valence-electron chi connectivity index (χ4n) is 3.63. The van der Waals surface area contributed by atoms with Crippen LogP contribution in [-0.2, 0) is 28.0 Å². The number of amides is 2. The summed E-state index contributed by atoms with van der Waals surface area (Å²) in [6.45, 7) is 11.7. The minimum atomic E-state index is -0.456. The van der Waals surface area contributed by atoms with Crippen molar-refractivity contribution < 1.29 is 9.59 Å².